The molecule has 0 saturated carbocycles. The van der Waals surface area contributed by atoms with Crippen molar-refractivity contribution in [1.29, 1.82) is 0 Å². The van der Waals surface area contributed by atoms with E-state index in [1.807, 2.05) is 36.4 Å². The van der Waals surface area contributed by atoms with Gasteiger partial charge >= 0.3 is 6.18 Å². The van der Waals surface area contributed by atoms with E-state index in [0.717, 1.165) is 52.4 Å². The number of halogens is 4. The molecule has 0 aliphatic carbocycles. The van der Waals surface area contributed by atoms with E-state index < -0.39 is 17.0 Å². The third kappa shape index (κ3) is 4.29. The lowest BCUT2D eigenvalue weighted by molar-refractivity contribution is -0.137. The van der Waals surface area contributed by atoms with Gasteiger partial charge in [-0.1, -0.05) is 41.6 Å². The zero-order chi connectivity index (χ0) is 23.0. The second-order valence-electron chi connectivity index (χ2n) is 7.25. The number of carbonyl (C=O) groups is 1. The van der Waals surface area contributed by atoms with Gasteiger partial charge < -0.3 is 9.88 Å². The van der Waals surface area contributed by atoms with Gasteiger partial charge in [-0.25, -0.2) is 4.98 Å². The van der Waals surface area contributed by atoms with Crippen LogP contribution in [0.25, 0.3) is 21.8 Å². The molecule has 0 aliphatic rings. The van der Waals surface area contributed by atoms with Crippen LogP contribution in [0.2, 0.25) is 5.02 Å². The molecule has 0 aliphatic heterocycles. The Balaban J connectivity index is 1.54. The quantitative estimate of drug-likeness (QED) is 0.315. The summed E-state index contributed by atoms with van der Waals surface area (Å²) in [6.45, 7) is 4.56. The largest absolute Gasteiger partial charge is 0.417 e. The van der Waals surface area contributed by atoms with Crippen LogP contribution in [0.3, 0.4) is 0 Å². The Kier molecular flexibility index (Phi) is 6.09. The molecule has 32 heavy (non-hydrogen) atoms. The van der Waals surface area contributed by atoms with Crippen LogP contribution < -0.4 is 5.32 Å². The molecule has 9 heteroatoms. The van der Waals surface area contributed by atoms with Gasteiger partial charge in [-0.3, -0.25) is 4.79 Å². The highest BCUT2D eigenvalue weighted by atomic mass is 35.5. The smallest absolute Gasteiger partial charge is 0.341 e. The van der Waals surface area contributed by atoms with E-state index in [2.05, 4.69) is 27.9 Å². The van der Waals surface area contributed by atoms with E-state index in [0.29, 0.717) is 5.69 Å². The molecule has 1 N–H and O–H groups in total. The van der Waals surface area contributed by atoms with Crippen LogP contribution in [0, 0.1) is 0 Å². The number of amides is 1. The molecule has 1 atom stereocenters. The monoisotopic (exact) mass is 477 g/mol. The lowest BCUT2D eigenvalue weighted by Crippen LogP contribution is -2.22. The normalized spacial score (nSPS) is 12.9. The molecule has 0 bridgehead atoms. The Morgan fingerprint density at radius 3 is 2.56 bits per heavy atom. The minimum absolute atomic E-state index is 0.140. The summed E-state index contributed by atoms with van der Waals surface area (Å²) in [6, 6.07) is 14.7. The number of anilines is 1. The van der Waals surface area contributed by atoms with Gasteiger partial charge in [0.1, 0.15) is 5.03 Å². The second-order valence-corrected chi connectivity index (χ2v) is 8.99. The first-order valence-corrected chi connectivity index (χ1v) is 11.2. The zero-order valence-electron chi connectivity index (χ0n) is 17.2. The molecule has 0 saturated heterocycles. The fourth-order valence-corrected chi connectivity index (χ4v) is 4.69. The molecule has 0 unspecified atom stereocenters. The van der Waals surface area contributed by atoms with E-state index in [1.165, 1.54) is 0 Å². The van der Waals surface area contributed by atoms with E-state index in [4.69, 9.17) is 11.6 Å². The van der Waals surface area contributed by atoms with Gasteiger partial charge in [0.05, 0.1) is 15.8 Å². The number of rotatable bonds is 5. The maximum absolute atomic E-state index is 12.8. The number of benzene rings is 2. The van der Waals surface area contributed by atoms with Gasteiger partial charge in [0.25, 0.3) is 0 Å². The highest BCUT2D eigenvalue weighted by Crippen LogP contribution is 2.35. The molecule has 2 aromatic carbocycles. The van der Waals surface area contributed by atoms with Gasteiger partial charge in [-0.2, -0.15) is 13.2 Å². The minimum atomic E-state index is -4.53. The van der Waals surface area contributed by atoms with Crippen LogP contribution in [-0.4, -0.2) is 20.7 Å². The molecule has 166 valence electrons. The van der Waals surface area contributed by atoms with Crippen molar-refractivity contribution in [2.75, 3.05) is 5.32 Å². The summed E-state index contributed by atoms with van der Waals surface area (Å²) < 4.78 is 40.6. The molecule has 0 fully saturated rings. The number of alkyl halides is 3. The molecule has 4 aromatic rings. The first-order chi connectivity index (χ1) is 15.2. The van der Waals surface area contributed by atoms with Crippen molar-refractivity contribution in [3.05, 3.63) is 65.3 Å². The van der Waals surface area contributed by atoms with Crippen molar-refractivity contribution >= 4 is 56.8 Å². The Morgan fingerprint density at radius 2 is 1.88 bits per heavy atom. The number of hydrogen-bond acceptors (Lipinski definition) is 3. The third-order valence-corrected chi connectivity index (χ3v) is 6.66. The number of aryl methyl sites for hydroxylation is 1. The molecule has 4 nitrogen and oxygen atoms in total. The number of hydrogen-bond donors (Lipinski definition) is 1. The number of para-hydroxylation sites is 1. The van der Waals surface area contributed by atoms with Crippen LogP contribution in [-0.2, 0) is 17.5 Å². The minimum Gasteiger partial charge on any atom is -0.341 e. The van der Waals surface area contributed by atoms with Crippen molar-refractivity contribution in [2.24, 2.45) is 0 Å². The first-order valence-electron chi connectivity index (χ1n) is 9.90. The summed E-state index contributed by atoms with van der Waals surface area (Å²) in [5, 5.41) is 4.43. The average Bonchev–Trinajstić information content (AvgIpc) is 3.07. The van der Waals surface area contributed by atoms with Gasteiger partial charge in [0.2, 0.25) is 5.91 Å². The molecule has 1 amide bonds. The molecule has 4 rings (SSSR count). The number of nitrogens with one attached hydrogen (secondary N) is 1. The Labute approximate surface area is 191 Å². The maximum atomic E-state index is 12.8. The van der Waals surface area contributed by atoms with Crippen LogP contribution >= 0.6 is 23.4 Å². The molecule has 0 spiro atoms. The van der Waals surface area contributed by atoms with Crippen LogP contribution in [0.4, 0.5) is 18.9 Å². The summed E-state index contributed by atoms with van der Waals surface area (Å²) in [5.41, 5.74) is 1.92. The van der Waals surface area contributed by atoms with Gasteiger partial charge in [0, 0.05) is 40.2 Å². The number of carbonyl (C=O) groups excluding carboxylic acids is 1. The number of pyridine rings is 1. The number of thioether (sulfide) groups is 1. The third-order valence-electron chi connectivity index (χ3n) is 5.15. The fraction of sp³-hybridized carbons (Fsp3) is 0.217. The van der Waals surface area contributed by atoms with Crippen molar-refractivity contribution < 1.29 is 18.0 Å². The maximum Gasteiger partial charge on any atom is 0.417 e. The lowest BCUT2D eigenvalue weighted by Gasteiger charge is -2.14. The number of fused-ring (bicyclic) bond motifs is 3. The average molecular weight is 478 g/mol. The van der Waals surface area contributed by atoms with Crippen LogP contribution in [0.1, 0.15) is 19.4 Å². The zero-order valence-corrected chi connectivity index (χ0v) is 18.8. The van der Waals surface area contributed by atoms with E-state index >= 15 is 0 Å². The first kappa shape index (κ1) is 22.5. The molecular formula is C23H19ClF3N3OS. The lowest BCUT2D eigenvalue weighted by atomic mass is 10.1. The Morgan fingerprint density at radius 1 is 1.16 bits per heavy atom. The highest BCUT2D eigenvalue weighted by molar-refractivity contribution is 8.00. The summed E-state index contributed by atoms with van der Waals surface area (Å²) in [4.78, 5) is 16.5. The predicted molar refractivity (Wildman–Crippen MR) is 123 cm³/mol. The van der Waals surface area contributed by atoms with E-state index in [1.54, 1.807) is 6.92 Å². The number of aromatic nitrogens is 2. The van der Waals surface area contributed by atoms with Crippen molar-refractivity contribution in [1.82, 2.24) is 9.55 Å². The molecule has 0 radical (unpaired) electrons. The van der Waals surface area contributed by atoms with Crippen molar-refractivity contribution in [3.8, 4) is 0 Å². The SMILES string of the molecule is CCn1c2ccccc2c2cc(NC(=O)[C@@H](C)Sc3ncc(C(F)(F)F)cc3Cl)ccc21. The topological polar surface area (TPSA) is 46.9 Å². The summed E-state index contributed by atoms with van der Waals surface area (Å²) >= 11 is 6.97. The predicted octanol–water partition coefficient (Wildman–Crippen LogP) is 7.00. The fourth-order valence-electron chi connectivity index (χ4n) is 3.60. The van der Waals surface area contributed by atoms with E-state index in [-0.39, 0.29) is 16.0 Å². The highest BCUT2D eigenvalue weighted by Gasteiger charge is 2.32. The van der Waals surface area contributed by atoms with Crippen LogP contribution in [0.5, 0.6) is 0 Å². The molecular weight excluding hydrogens is 459 g/mol. The summed E-state index contributed by atoms with van der Waals surface area (Å²) in [5.74, 6) is -0.300. The second kappa shape index (κ2) is 8.67. The van der Waals surface area contributed by atoms with Gasteiger partial charge in [-0.15, -0.1) is 0 Å². The number of nitrogens with zero attached hydrogens (tertiary/aromatic N) is 2. The Bertz CT molecular complexity index is 1320. The molecule has 2 heterocycles. The Hall–Kier alpha value is -2.71. The van der Waals surface area contributed by atoms with Crippen molar-refractivity contribution in [2.45, 2.75) is 36.8 Å². The summed E-state index contributed by atoms with van der Waals surface area (Å²) in [6.07, 6.45) is -3.81. The van der Waals surface area contributed by atoms with Crippen LogP contribution in [0.15, 0.2) is 59.8 Å². The van der Waals surface area contributed by atoms with E-state index in [9.17, 15) is 18.0 Å². The molecule has 2 aromatic heterocycles. The standard InChI is InChI=1S/C23H19ClF3N3OS/c1-3-30-19-7-5-4-6-16(19)17-11-15(8-9-20(17)30)29-21(31)13(2)32-22-18(24)10-14(12-28-22)23(25,26)27/h4-13H,3H2,1-2H3,(H,29,31)/t13-/m1/s1. The summed E-state index contributed by atoms with van der Waals surface area (Å²) in [7, 11) is 0. The van der Waals surface area contributed by atoms with Gasteiger partial charge in [0.15, 0.2) is 0 Å². The van der Waals surface area contributed by atoms with Gasteiger partial charge in [-0.05, 0) is 44.2 Å². The van der Waals surface area contributed by atoms with Crippen molar-refractivity contribution in [3.63, 3.8) is 0 Å².